The van der Waals surface area contributed by atoms with Gasteiger partial charge in [-0.2, -0.15) is 0 Å². The van der Waals surface area contributed by atoms with Crippen molar-refractivity contribution in [2.75, 3.05) is 0 Å². The maximum atomic E-state index is 13.6. The summed E-state index contributed by atoms with van der Waals surface area (Å²) in [6, 6.07) is 9.29. The van der Waals surface area contributed by atoms with Crippen LogP contribution < -0.4 is 0 Å². The molecule has 0 aromatic heterocycles. The van der Waals surface area contributed by atoms with Gasteiger partial charge in [0.1, 0.15) is 6.10 Å². The molecule has 3 heteroatoms. The average Bonchev–Trinajstić information content (AvgIpc) is 2.32. The molecule has 0 bridgehead atoms. The fourth-order valence-corrected chi connectivity index (χ4v) is 2.03. The van der Waals surface area contributed by atoms with E-state index in [0.717, 1.165) is 17.2 Å². The summed E-state index contributed by atoms with van der Waals surface area (Å²) in [6.07, 6.45) is -1.15. The van der Waals surface area contributed by atoms with Crippen LogP contribution >= 0.6 is 0 Å². The Hall–Kier alpha value is -1.74. The number of hydrogen-bond acceptors (Lipinski definition) is 1. The fraction of sp³-hybridized carbons (Fsp3) is 0.200. The van der Waals surface area contributed by atoms with Gasteiger partial charge in [-0.15, -0.1) is 0 Å². The molecule has 1 atom stereocenters. The van der Waals surface area contributed by atoms with Crippen LogP contribution in [0.15, 0.2) is 36.4 Å². The molecule has 0 radical (unpaired) electrons. The lowest BCUT2D eigenvalue weighted by Gasteiger charge is -2.15. The normalized spacial score (nSPS) is 12.5. The van der Waals surface area contributed by atoms with E-state index in [1.165, 1.54) is 12.1 Å². The van der Waals surface area contributed by atoms with Gasteiger partial charge in [0.25, 0.3) is 0 Å². The summed E-state index contributed by atoms with van der Waals surface area (Å²) in [4.78, 5) is 0. The van der Waals surface area contributed by atoms with Crippen molar-refractivity contribution in [1.29, 1.82) is 0 Å². The highest BCUT2D eigenvalue weighted by atomic mass is 19.2. The molecule has 1 unspecified atom stereocenters. The van der Waals surface area contributed by atoms with Crippen molar-refractivity contribution in [2.45, 2.75) is 20.0 Å². The van der Waals surface area contributed by atoms with E-state index >= 15 is 0 Å². The van der Waals surface area contributed by atoms with Crippen LogP contribution in [0.2, 0.25) is 0 Å². The first-order valence-electron chi connectivity index (χ1n) is 5.70. The van der Waals surface area contributed by atoms with E-state index in [-0.39, 0.29) is 5.56 Å². The molecule has 1 N–H and O–H groups in total. The van der Waals surface area contributed by atoms with Crippen LogP contribution in [0.5, 0.6) is 0 Å². The van der Waals surface area contributed by atoms with Crippen molar-refractivity contribution < 1.29 is 13.9 Å². The van der Waals surface area contributed by atoms with E-state index < -0.39 is 17.7 Å². The molecule has 0 spiro atoms. The van der Waals surface area contributed by atoms with Crippen LogP contribution in [0.1, 0.15) is 28.4 Å². The van der Waals surface area contributed by atoms with Gasteiger partial charge in [-0.25, -0.2) is 8.78 Å². The molecular weight excluding hydrogens is 234 g/mol. The monoisotopic (exact) mass is 248 g/mol. The van der Waals surface area contributed by atoms with E-state index in [9.17, 15) is 13.9 Å². The van der Waals surface area contributed by atoms with Crippen LogP contribution in [0.3, 0.4) is 0 Å². The zero-order chi connectivity index (χ0) is 13.3. The predicted octanol–water partition coefficient (Wildman–Crippen LogP) is 3.66. The Morgan fingerprint density at radius 1 is 1.00 bits per heavy atom. The SMILES string of the molecule is Cc1ccc(C(O)c2cccc(F)c2F)c(C)c1. The number of aryl methyl sites for hydroxylation is 2. The lowest BCUT2D eigenvalue weighted by molar-refractivity contribution is 0.212. The van der Waals surface area contributed by atoms with Gasteiger partial charge in [-0.3, -0.25) is 0 Å². The van der Waals surface area contributed by atoms with Crippen LogP contribution in [-0.2, 0) is 0 Å². The molecule has 0 saturated carbocycles. The van der Waals surface area contributed by atoms with E-state index in [4.69, 9.17) is 0 Å². The van der Waals surface area contributed by atoms with Crippen molar-refractivity contribution in [1.82, 2.24) is 0 Å². The highest BCUT2D eigenvalue weighted by molar-refractivity contribution is 5.38. The number of benzene rings is 2. The van der Waals surface area contributed by atoms with Gasteiger partial charge in [0, 0.05) is 5.56 Å². The van der Waals surface area contributed by atoms with E-state index in [1.54, 1.807) is 6.07 Å². The summed E-state index contributed by atoms with van der Waals surface area (Å²) >= 11 is 0. The second kappa shape index (κ2) is 4.86. The summed E-state index contributed by atoms with van der Waals surface area (Å²) in [5, 5.41) is 10.2. The Labute approximate surface area is 105 Å². The van der Waals surface area contributed by atoms with Crippen molar-refractivity contribution >= 4 is 0 Å². The highest BCUT2D eigenvalue weighted by Crippen LogP contribution is 2.28. The molecule has 1 nitrogen and oxygen atoms in total. The second-order valence-corrected chi connectivity index (χ2v) is 4.41. The molecule has 0 aliphatic heterocycles. The zero-order valence-electron chi connectivity index (χ0n) is 10.2. The first-order valence-corrected chi connectivity index (χ1v) is 5.70. The van der Waals surface area contributed by atoms with Crippen molar-refractivity contribution in [2.24, 2.45) is 0 Å². The molecule has 2 rings (SSSR count). The third kappa shape index (κ3) is 2.27. The second-order valence-electron chi connectivity index (χ2n) is 4.41. The number of hydrogen-bond donors (Lipinski definition) is 1. The fourth-order valence-electron chi connectivity index (χ4n) is 2.03. The number of aliphatic hydroxyl groups is 1. The van der Waals surface area contributed by atoms with Crippen molar-refractivity contribution in [3.8, 4) is 0 Å². The third-order valence-electron chi connectivity index (χ3n) is 3.00. The first-order chi connectivity index (χ1) is 8.50. The molecule has 0 amide bonds. The predicted molar refractivity (Wildman–Crippen MR) is 66.3 cm³/mol. The van der Waals surface area contributed by atoms with Crippen LogP contribution in [0.4, 0.5) is 8.78 Å². The van der Waals surface area contributed by atoms with Crippen LogP contribution in [0, 0.1) is 25.5 Å². The quantitative estimate of drug-likeness (QED) is 0.859. The van der Waals surface area contributed by atoms with E-state index in [0.29, 0.717) is 5.56 Å². The standard InChI is InChI=1S/C15H14F2O/c1-9-6-7-11(10(2)8-9)15(18)12-4-3-5-13(16)14(12)17/h3-8,15,18H,1-2H3. The minimum Gasteiger partial charge on any atom is -0.384 e. The van der Waals surface area contributed by atoms with Gasteiger partial charge >= 0.3 is 0 Å². The van der Waals surface area contributed by atoms with Crippen LogP contribution in [0.25, 0.3) is 0 Å². The summed E-state index contributed by atoms with van der Waals surface area (Å²) in [5.74, 6) is -1.94. The number of halogens is 2. The minimum absolute atomic E-state index is 0.0399. The molecule has 0 fully saturated rings. The molecule has 0 aliphatic carbocycles. The summed E-state index contributed by atoms with van der Waals surface area (Å²) < 4.78 is 26.7. The average molecular weight is 248 g/mol. The molecule has 0 heterocycles. The van der Waals surface area contributed by atoms with Gasteiger partial charge in [0.15, 0.2) is 11.6 Å². The Balaban J connectivity index is 2.48. The maximum absolute atomic E-state index is 13.6. The van der Waals surface area contributed by atoms with Gasteiger partial charge in [0.2, 0.25) is 0 Å². The first kappa shape index (κ1) is 12.7. The Morgan fingerprint density at radius 2 is 1.72 bits per heavy atom. The molecule has 18 heavy (non-hydrogen) atoms. The number of aliphatic hydroxyl groups excluding tert-OH is 1. The third-order valence-corrected chi connectivity index (χ3v) is 3.00. The number of rotatable bonds is 2. The van der Waals surface area contributed by atoms with E-state index in [1.807, 2.05) is 26.0 Å². The van der Waals surface area contributed by atoms with Crippen molar-refractivity contribution in [3.63, 3.8) is 0 Å². The van der Waals surface area contributed by atoms with Gasteiger partial charge in [-0.1, -0.05) is 35.9 Å². The Kier molecular flexibility index (Phi) is 3.43. The zero-order valence-corrected chi connectivity index (χ0v) is 10.2. The lowest BCUT2D eigenvalue weighted by Crippen LogP contribution is -2.06. The summed E-state index contributed by atoms with van der Waals surface area (Å²) in [6.45, 7) is 3.77. The Bertz CT molecular complexity index is 579. The highest BCUT2D eigenvalue weighted by Gasteiger charge is 2.18. The van der Waals surface area contributed by atoms with Gasteiger partial charge in [0.05, 0.1) is 0 Å². The Morgan fingerprint density at radius 3 is 2.39 bits per heavy atom. The maximum Gasteiger partial charge on any atom is 0.164 e. The smallest absolute Gasteiger partial charge is 0.164 e. The van der Waals surface area contributed by atoms with Crippen LogP contribution in [-0.4, -0.2) is 5.11 Å². The largest absolute Gasteiger partial charge is 0.384 e. The summed E-state index contributed by atoms with van der Waals surface area (Å²) in [7, 11) is 0. The minimum atomic E-state index is -1.15. The molecular formula is C15H14F2O. The lowest BCUT2D eigenvalue weighted by atomic mass is 9.96. The summed E-state index contributed by atoms with van der Waals surface area (Å²) in [5.41, 5.74) is 2.46. The molecule has 2 aromatic carbocycles. The van der Waals surface area contributed by atoms with Crippen molar-refractivity contribution in [3.05, 3.63) is 70.3 Å². The molecule has 94 valence electrons. The molecule has 0 aliphatic rings. The van der Waals surface area contributed by atoms with Gasteiger partial charge in [-0.05, 0) is 31.0 Å². The molecule has 2 aromatic rings. The van der Waals surface area contributed by atoms with Gasteiger partial charge < -0.3 is 5.11 Å². The molecule has 0 saturated heterocycles. The van der Waals surface area contributed by atoms with E-state index in [2.05, 4.69) is 0 Å². The topological polar surface area (TPSA) is 20.2 Å².